The van der Waals surface area contributed by atoms with Gasteiger partial charge in [0.05, 0.1) is 0 Å². The Bertz CT molecular complexity index is 358. The lowest BCUT2D eigenvalue weighted by atomic mass is 10.1. The van der Waals surface area contributed by atoms with E-state index in [1.165, 1.54) is 11.3 Å². The zero-order chi connectivity index (χ0) is 8.97. The van der Waals surface area contributed by atoms with Crippen molar-refractivity contribution < 1.29 is 0 Å². The molecule has 58 valence electrons. The minimum atomic E-state index is 0.192. The summed E-state index contributed by atoms with van der Waals surface area (Å²) in [5.74, 6) is 0. The fraction of sp³-hybridized carbons (Fsp3) is 0.111. The van der Waals surface area contributed by atoms with Crippen molar-refractivity contribution in [3.8, 4) is 12.1 Å². The molecule has 0 spiro atoms. The first-order valence-corrected chi connectivity index (χ1v) is 4.22. The van der Waals surface area contributed by atoms with E-state index < -0.39 is 0 Å². The average molecular weight is 174 g/mol. The van der Waals surface area contributed by atoms with Crippen LogP contribution in [0.15, 0.2) is 23.1 Å². The van der Waals surface area contributed by atoms with E-state index in [0.29, 0.717) is 0 Å². The maximum absolute atomic E-state index is 8.57. The van der Waals surface area contributed by atoms with Crippen molar-refractivity contribution in [3.05, 3.63) is 28.0 Å². The minimum absolute atomic E-state index is 0.192. The summed E-state index contributed by atoms with van der Waals surface area (Å²) in [4.78, 5) is 0.980. The van der Waals surface area contributed by atoms with Crippen LogP contribution in [0.1, 0.15) is 11.8 Å². The molecule has 1 rings (SSSR count). The van der Waals surface area contributed by atoms with E-state index in [-0.39, 0.29) is 5.57 Å². The van der Waals surface area contributed by atoms with Crippen molar-refractivity contribution in [1.29, 1.82) is 10.5 Å². The van der Waals surface area contributed by atoms with Crippen molar-refractivity contribution in [1.82, 2.24) is 0 Å². The Kier molecular flexibility index (Phi) is 2.63. The van der Waals surface area contributed by atoms with Gasteiger partial charge in [0.15, 0.2) is 0 Å². The second-order valence-electron chi connectivity index (χ2n) is 2.20. The van der Waals surface area contributed by atoms with Crippen molar-refractivity contribution in [2.24, 2.45) is 0 Å². The van der Waals surface area contributed by atoms with Crippen LogP contribution in [0.4, 0.5) is 0 Å². The highest BCUT2D eigenvalue weighted by Gasteiger charge is 2.03. The zero-order valence-electron chi connectivity index (χ0n) is 6.53. The molecule has 0 bridgehead atoms. The predicted octanol–water partition coefficient (Wildman–Crippen LogP) is 2.57. The molecule has 0 amide bonds. The van der Waals surface area contributed by atoms with Gasteiger partial charge in [0.2, 0.25) is 0 Å². The fourth-order valence-corrected chi connectivity index (χ4v) is 1.55. The lowest BCUT2D eigenvalue weighted by Gasteiger charge is -1.93. The summed E-state index contributed by atoms with van der Waals surface area (Å²) >= 11 is 1.53. The molecule has 0 N–H and O–H groups in total. The Morgan fingerprint density at radius 2 is 2.08 bits per heavy atom. The summed E-state index contributed by atoms with van der Waals surface area (Å²) in [5.41, 5.74) is 0.951. The molecule has 0 aromatic carbocycles. The molecule has 0 saturated carbocycles. The van der Waals surface area contributed by atoms with Gasteiger partial charge in [0.1, 0.15) is 17.7 Å². The summed E-state index contributed by atoms with van der Waals surface area (Å²) in [6, 6.07) is 7.53. The van der Waals surface area contributed by atoms with Crippen LogP contribution in [0, 0.1) is 22.7 Å². The van der Waals surface area contributed by atoms with E-state index >= 15 is 0 Å². The SMILES string of the molecule is CC(=C(C#N)C#N)c1cccs1. The third-order valence-corrected chi connectivity index (χ3v) is 2.48. The van der Waals surface area contributed by atoms with Crippen molar-refractivity contribution in [2.45, 2.75) is 6.92 Å². The summed E-state index contributed by atoms with van der Waals surface area (Å²) in [7, 11) is 0. The molecule has 0 aliphatic rings. The van der Waals surface area contributed by atoms with Gasteiger partial charge in [-0.3, -0.25) is 0 Å². The Balaban J connectivity index is 3.16. The van der Waals surface area contributed by atoms with Crippen LogP contribution >= 0.6 is 11.3 Å². The molecular weight excluding hydrogens is 168 g/mol. The largest absolute Gasteiger partial charge is 0.192 e. The van der Waals surface area contributed by atoms with Crippen molar-refractivity contribution in [3.63, 3.8) is 0 Å². The summed E-state index contributed by atoms with van der Waals surface area (Å²) in [6.45, 7) is 1.79. The van der Waals surface area contributed by atoms with Crippen molar-refractivity contribution in [2.75, 3.05) is 0 Å². The van der Waals surface area contributed by atoms with E-state index in [2.05, 4.69) is 0 Å². The quantitative estimate of drug-likeness (QED) is 0.614. The Labute approximate surface area is 75.0 Å². The third-order valence-electron chi connectivity index (χ3n) is 1.49. The van der Waals surface area contributed by atoms with Crippen LogP contribution in [0.5, 0.6) is 0 Å². The highest BCUT2D eigenvalue weighted by molar-refractivity contribution is 7.11. The molecule has 0 atom stereocenters. The van der Waals surface area contributed by atoms with Gasteiger partial charge in [-0.05, 0) is 23.9 Å². The number of nitriles is 2. The molecule has 1 aromatic rings. The lowest BCUT2D eigenvalue weighted by molar-refractivity contribution is 1.45. The molecule has 1 aromatic heterocycles. The first-order valence-electron chi connectivity index (χ1n) is 3.34. The normalized spacial score (nSPS) is 8.25. The number of nitrogens with zero attached hydrogens (tertiary/aromatic N) is 2. The van der Waals surface area contributed by atoms with Gasteiger partial charge < -0.3 is 0 Å². The van der Waals surface area contributed by atoms with Crippen LogP contribution < -0.4 is 0 Å². The molecule has 0 saturated heterocycles. The number of thiophene rings is 1. The van der Waals surface area contributed by atoms with Crippen molar-refractivity contribution >= 4 is 16.9 Å². The van der Waals surface area contributed by atoms with Gasteiger partial charge in [-0.25, -0.2) is 0 Å². The van der Waals surface area contributed by atoms with Crippen LogP contribution in [0.2, 0.25) is 0 Å². The highest BCUT2D eigenvalue weighted by atomic mass is 32.1. The summed E-state index contributed by atoms with van der Waals surface area (Å²) in [5, 5.41) is 19.1. The smallest absolute Gasteiger partial charge is 0.133 e. The molecule has 0 aliphatic heterocycles. The standard InChI is InChI=1S/C9H6N2S/c1-7(8(5-10)6-11)9-3-2-4-12-9/h2-4H,1H3. The van der Waals surface area contributed by atoms with Gasteiger partial charge in [-0.1, -0.05) is 6.07 Å². The van der Waals surface area contributed by atoms with Crippen LogP contribution in [-0.2, 0) is 0 Å². The third kappa shape index (κ3) is 1.53. The minimum Gasteiger partial charge on any atom is -0.192 e. The lowest BCUT2D eigenvalue weighted by Crippen LogP contribution is -1.79. The zero-order valence-corrected chi connectivity index (χ0v) is 7.35. The van der Waals surface area contributed by atoms with E-state index in [4.69, 9.17) is 10.5 Å². The number of allylic oxidation sites excluding steroid dienone is 2. The van der Waals surface area contributed by atoms with Crippen LogP contribution in [0.3, 0.4) is 0 Å². The maximum Gasteiger partial charge on any atom is 0.133 e. The van der Waals surface area contributed by atoms with Crippen LogP contribution in [-0.4, -0.2) is 0 Å². The van der Waals surface area contributed by atoms with Gasteiger partial charge in [-0.2, -0.15) is 10.5 Å². The van der Waals surface area contributed by atoms with Gasteiger partial charge >= 0.3 is 0 Å². The number of rotatable bonds is 1. The second-order valence-corrected chi connectivity index (χ2v) is 3.15. The first-order chi connectivity index (χ1) is 5.79. The fourth-order valence-electron chi connectivity index (χ4n) is 0.808. The van der Waals surface area contributed by atoms with E-state index in [1.54, 1.807) is 6.92 Å². The molecule has 0 unspecified atom stereocenters. The second kappa shape index (κ2) is 3.71. The summed E-state index contributed by atoms with van der Waals surface area (Å²) in [6.07, 6.45) is 0. The van der Waals surface area contributed by atoms with E-state index in [1.807, 2.05) is 29.7 Å². The molecule has 1 heterocycles. The average Bonchev–Trinajstić information content (AvgIpc) is 2.58. The molecule has 2 nitrogen and oxygen atoms in total. The summed E-state index contributed by atoms with van der Waals surface area (Å²) < 4.78 is 0. The number of hydrogen-bond donors (Lipinski definition) is 0. The Morgan fingerprint density at radius 1 is 1.42 bits per heavy atom. The molecule has 12 heavy (non-hydrogen) atoms. The molecular formula is C9H6N2S. The molecule has 0 radical (unpaired) electrons. The number of hydrogen-bond acceptors (Lipinski definition) is 3. The molecule has 0 aliphatic carbocycles. The van der Waals surface area contributed by atoms with E-state index in [9.17, 15) is 0 Å². The Morgan fingerprint density at radius 3 is 2.50 bits per heavy atom. The predicted molar refractivity (Wildman–Crippen MR) is 48.1 cm³/mol. The monoisotopic (exact) mass is 174 g/mol. The van der Waals surface area contributed by atoms with Crippen LogP contribution in [0.25, 0.3) is 5.57 Å². The maximum atomic E-state index is 8.57. The van der Waals surface area contributed by atoms with Gasteiger partial charge in [0.25, 0.3) is 0 Å². The Hall–Kier alpha value is -1.58. The topological polar surface area (TPSA) is 47.6 Å². The molecule has 3 heteroatoms. The highest BCUT2D eigenvalue weighted by Crippen LogP contribution is 2.22. The van der Waals surface area contributed by atoms with E-state index in [0.717, 1.165) is 10.5 Å². The van der Waals surface area contributed by atoms with Gasteiger partial charge in [0, 0.05) is 4.88 Å². The first kappa shape index (κ1) is 8.52. The van der Waals surface area contributed by atoms with Gasteiger partial charge in [-0.15, -0.1) is 11.3 Å². The molecule has 0 fully saturated rings.